The molecule has 0 unspecified atom stereocenters. The van der Waals surface area contributed by atoms with Crippen molar-refractivity contribution in [3.05, 3.63) is 39.4 Å². The van der Waals surface area contributed by atoms with Crippen LogP contribution in [0.4, 0.5) is 5.69 Å². The van der Waals surface area contributed by atoms with Crippen LogP contribution < -0.4 is 11.5 Å². The number of hydrogen-bond acceptors (Lipinski definition) is 4. The molecule has 0 fully saturated rings. The Labute approximate surface area is 75.5 Å². The fourth-order valence-electron chi connectivity index (χ4n) is 1.12. The maximum atomic E-state index is 10.4. The third-order valence-electron chi connectivity index (χ3n) is 1.84. The normalized spacial score (nSPS) is 10.0. The molecule has 0 heterocycles. The molecule has 0 aliphatic rings. The molecule has 0 bridgehead atoms. The summed E-state index contributed by atoms with van der Waals surface area (Å²) in [7, 11) is 0. The Hall–Kier alpha value is -1.46. The van der Waals surface area contributed by atoms with E-state index < -0.39 is 4.92 Å². The van der Waals surface area contributed by atoms with E-state index in [9.17, 15) is 10.1 Å². The summed E-state index contributed by atoms with van der Waals surface area (Å²) < 4.78 is 0. The lowest BCUT2D eigenvalue weighted by atomic mass is 10.1. The third-order valence-corrected chi connectivity index (χ3v) is 1.84. The molecule has 0 spiro atoms. The molecule has 1 rings (SSSR count). The summed E-state index contributed by atoms with van der Waals surface area (Å²) in [5.41, 5.74) is 12.5. The maximum absolute atomic E-state index is 10.4. The Morgan fingerprint density at radius 3 is 2.31 bits per heavy atom. The molecule has 0 amide bonds. The van der Waals surface area contributed by atoms with Gasteiger partial charge in [-0.15, -0.1) is 0 Å². The summed E-state index contributed by atoms with van der Waals surface area (Å²) in [6.07, 6.45) is 0. The number of rotatable bonds is 3. The lowest BCUT2D eigenvalue weighted by Crippen LogP contribution is -2.06. The molecule has 5 nitrogen and oxygen atoms in total. The van der Waals surface area contributed by atoms with Gasteiger partial charge in [0.2, 0.25) is 0 Å². The minimum Gasteiger partial charge on any atom is -0.326 e. The molecule has 0 saturated carbocycles. The van der Waals surface area contributed by atoms with Gasteiger partial charge in [-0.25, -0.2) is 0 Å². The second-order valence-corrected chi connectivity index (χ2v) is 2.62. The van der Waals surface area contributed by atoms with E-state index >= 15 is 0 Å². The van der Waals surface area contributed by atoms with Gasteiger partial charge in [-0.1, -0.05) is 6.07 Å². The Balaban J connectivity index is 3.13. The number of hydrogen-bond donors (Lipinski definition) is 2. The van der Waals surface area contributed by atoms with Crippen molar-refractivity contribution < 1.29 is 4.92 Å². The monoisotopic (exact) mass is 181 g/mol. The van der Waals surface area contributed by atoms with E-state index in [0.29, 0.717) is 6.54 Å². The van der Waals surface area contributed by atoms with Crippen LogP contribution in [-0.4, -0.2) is 4.92 Å². The average molecular weight is 181 g/mol. The molecule has 0 atom stereocenters. The van der Waals surface area contributed by atoms with E-state index in [1.807, 2.05) is 0 Å². The van der Waals surface area contributed by atoms with Gasteiger partial charge in [-0.2, -0.15) is 0 Å². The van der Waals surface area contributed by atoms with Crippen LogP contribution in [0.1, 0.15) is 11.1 Å². The molecule has 1 aromatic carbocycles. The molecule has 4 N–H and O–H groups in total. The summed E-state index contributed by atoms with van der Waals surface area (Å²) >= 11 is 0. The van der Waals surface area contributed by atoms with Gasteiger partial charge in [0.15, 0.2) is 0 Å². The molecule has 13 heavy (non-hydrogen) atoms. The molecule has 5 heteroatoms. The van der Waals surface area contributed by atoms with Crippen molar-refractivity contribution in [3.63, 3.8) is 0 Å². The van der Waals surface area contributed by atoms with Crippen LogP contribution in [0.2, 0.25) is 0 Å². The Bertz CT molecular complexity index is 325. The molecule has 0 aliphatic heterocycles. The van der Waals surface area contributed by atoms with Crippen molar-refractivity contribution in [3.8, 4) is 0 Å². The number of nitrogens with zero attached hydrogens (tertiary/aromatic N) is 1. The van der Waals surface area contributed by atoms with Gasteiger partial charge >= 0.3 is 0 Å². The fourth-order valence-corrected chi connectivity index (χ4v) is 1.12. The first kappa shape index (κ1) is 9.63. The summed E-state index contributed by atoms with van der Waals surface area (Å²) in [5.74, 6) is 0. The summed E-state index contributed by atoms with van der Waals surface area (Å²) in [6, 6.07) is 4.53. The number of nitro groups is 1. The minimum atomic E-state index is -0.445. The van der Waals surface area contributed by atoms with Crippen LogP contribution in [0.3, 0.4) is 0 Å². The van der Waals surface area contributed by atoms with Gasteiger partial charge in [-0.05, 0) is 11.1 Å². The fraction of sp³-hybridized carbons (Fsp3) is 0.250. The molecule has 70 valence electrons. The zero-order valence-corrected chi connectivity index (χ0v) is 7.06. The smallest absolute Gasteiger partial charge is 0.269 e. The quantitative estimate of drug-likeness (QED) is 0.524. The van der Waals surface area contributed by atoms with Gasteiger partial charge in [-0.3, -0.25) is 10.1 Å². The second kappa shape index (κ2) is 3.97. The Kier molecular flexibility index (Phi) is 2.94. The van der Waals surface area contributed by atoms with Crippen molar-refractivity contribution in [2.75, 3.05) is 0 Å². The standard InChI is InChI=1S/C8H11N3O2/c9-4-6-1-2-8(11(12)13)3-7(6)5-10/h1-3H,4-5,9-10H2. The zero-order valence-electron chi connectivity index (χ0n) is 7.06. The first-order chi connectivity index (χ1) is 6.19. The minimum absolute atomic E-state index is 0.0534. The van der Waals surface area contributed by atoms with Gasteiger partial charge < -0.3 is 11.5 Å². The van der Waals surface area contributed by atoms with Crippen LogP contribution in [0, 0.1) is 10.1 Å². The van der Waals surface area contributed by atoms with Crippen LogP contribution >= 0.6 is 0 Å². The van der Waals surface area contributed by atoms with E-state index in [1.165, 1.54) is 12.1 Å². The first-order valence-electron chi connectivity index (χ1n) is 3.85. The predicted molar refractivity (Wildman–Crippen MR) is 48.9 cm³/mol. The van der Waals surface area contributed by atoms with Gasteiger partial charge in [0.05, 0.1) is 4.92 Å². The van der Waals surface area contributed by atoms with E-state index in [0.717, 1.165) is 11.1 Å². The van der Waals surface area contributed by atoms with Crippen molar-refractivity contribution in [2.24, 2.45) is 11.5 Å². The molecule has 0 aromatic heterocycles. The lowest BCUT2D eigenvalue weighted by molar-refractivity contribution is -0.384. The highest BCUT2D eigenvalue weighted by molar-refractivity contribution is 5.39. The molecule has 1 aromatic rings. The van der Waals surface area contributed by atoms with Crippen LogP contribution in [0.25, 0.3) is 0 Å². The highest BCUT2D eigenvalue weighted by Crippen LogP contribution is 2.16. The van der Waals surface area contributed by atoms with Crippen molar-refractivity contribution in [2.45, 2.75) is 13.1 Å². The predicted octanol–water partition coefficient (Wildman–Crippen LogP) is 0.512. The topological polar surface area (TPSA) is 95.2 Å². The molecule has 0 radical (unpaired) electrons. The molecular weight excluding hydrogens is 170 g/mol. The largest absolute Gasteiger partial charge is 0.326 e. The highest BCUT2D eigenvalue weighted by Gasteiger charge is 2.08. The van der Waals surface area contributed by atoms with Crippen molar-refractivity contribution in [1.29, 1.82) is 0 Å². The first-order valence-corrected chi connectivity index (χ1v) is 3.85. The number of nitrogens with two attached hydrogens (primary N) is 2. The molecular formula is C8H11N3O2. The van der Waals surface area contributed by atoms with E-state index in [1.54, 1.807) is 6.07 Å². The summed E-state index contributed by atoms with van der Waals surface area (Å²) in [4.78, 5) is 9.96. The van der Waals surface area contributed by atoms with Gasteiger partial charge in [0, 0.05) is 25.2 Å². The SMILES string of the molecule is NCc1ccc([N+](=O)[O-])cc1CN. The van der Waals surface area contributed by atoms with Crippen molar-refractivity contribution in [1.82, 2.24) is 0 Å². The summed E-state index contributed by atoms with van der Waals surface area (Å²) in [5, 5.41) is 10.4. The van der Waals surface area contributed by atoms with E-state index in [-0.39, 0.29) is 12.2 Å². The Morgan fingerprint density at radius 2 is 1.85 bits per heavy atom. The maximum Gasteiger partial charge on any atom is 0.269 e. The van der Waals surface area contributed by atoms with Crippen LogP contribution in [-0.2, 0) is 13.1 Å². The zero-order chi connectivity index (χ0) is 9.84. The molecule has 0 saturated heterocycles. The van der Waals surface area contributed by atoms with E-state index in [4.69, 9.17) is 11.5 Å². The van der Waals surface area contributed by atoms with Crippen LogP contribution in [0.15, 0.2) is 18.2 Å². The van der Waals surface area contributed by atoms with Gasteiger partial charge in [0.1, 0.15) is 0 Å². The summed E-state index contributed by atoms with van der Waals surface area (Å²) in [6.45, 7) is 0.624. The number of benzene rings is 1. The highest BCUT2D eigenvalue weighted by atomic mass is 16.6. The van der Waals surface area contributed by atoms with E-state index in [2.05, 4.69) is 0 Å². The lowest BCUT2D eigenvalue weighted by Gasteiger charge is -2.03. The molecule has 0 aliphatic carbocycles. The van der Waals surface area contributed by atoms with Crippen molar-refractivity contribution >= 4 is 5.69 Å². The number of non-ortho nitro benzene ring substituents is 1. The van der Waals surface area contributed by atoms with Gasteiger partial charge in [0.25, 0.3) is 5.69 Å². The number of nitro benzene ring substituents is 1. The Morgan fingerprint density at radius 1 is 1.23 bits per heavy atom. The van der Waals surface area contributed by atoms with Crippen LogP contribution in [0.5, 0.6) is 0 Å². The third kappa shape index (κ3) is 2.01. The average Bonchev–Trinajstić information content (AvgIpc) is 2.16. The second-order valence-electron chi connectivity index (χ2n) is 2.62.